The van der Waals surface area contributed by atoms with Crippen LogP contribution in [0, 0.1) is 5.92 Å². The van der Waals surface area contributed by atoms with Crippen LogP contribution in [0.1, 0.15) is 31.9 Å². The van der Waals surface area contributed by atoms with Gasteiger partial charge in [0.15, 0.2) is 11.5 Å². The van der Waals surface area contributed by atoms with Crippen LogP contribution in [-0.4, -0.2) is 43.3 Å². The Morgan fingerprint density at radius 1 is 1.35 bits per heavy atom. The van der Waals surface area contributed by atoms with E-state index in [-0.39, 0.29) is 5.75 Å². The molecule has 0 amide bonds. The number of hydrogen-bond acceptors (Lipinski definition) is 4. The van der Waals surface area contributed by atoms with Crippen molar-refractivity contribution in [1.82, 2.24) is 10.2 Å². The standard InChI is InChI=1S/C16H26N2O2/c1-4-12(2)16(18-9-7-17-8-10-18)13-5-6-14(19)15(11-13)20-3/h5-6,11-12,16-17,19H,4,7-10H2,1-3H3/t12?,16-/m0/s1. The van der Waals surface area contributed by atoms with Gasteiger partial charge in [0, 0.05) is 32.2 Å². The highest BCUT2D eigenvalue weighted by atomic mass is 16.5. The zero-order valence-electron chi connectivity index (χ0n) is 12.7. The number of rotatable bonds is 5. The molecule has 0 aliphatic carbocycles. The van der Waals surface area contributed by atoms with Crippen molar-refractivity contribution in [3.63, 3.8) is 0 Å². The lowest BCUT2D eigenvalue weighted by Crippen LogP contribution is -2.46. The predicted octanol–water partition coefficient (Wildman–Crippen LogP) is 2.39. The normalized spacial score (nSPS) is 19.6. The third-order valence-corrected chi connectivity index (χ3v) is 4.27. The molecule has 0 aromatic heterocycles. The first-order valence-corrected chi connectivity index (χ1v) is 7.49. The monoisotopic (exact) mass is 278 g/mol. The second kappa shape index (κ2) is 6.95. The molecule has 0 spiro atoms. The average Bonchev–Trinajstić information content (AvgIpc) is 2.50. The Balaban J connectivity index is 2.30. The van der Waals surface area contributed by atoms with Crippen LogP contribution in [0.25, 0.3) is 0 Å². The molecular formula is C16H26N2O2. The molecule has 1 aromatic rings. The Kier molecular flexibility index (Phi) is 5.26. The molecule has 0 saturated carbocycles. The van der Waals surface area contributed by atoms with Crippen LogP contribution in [0.15, 0.2) is 18.2 Å². The van der Waals surface area contributed by atoms with Crippen molar-refractivity contribution < 1.29 is 9.84 Å². The molecule has 2 rings (SSSR count). The van der Waals surface area contributed by atoms with E-state index in [0.717, 1.165) is 32.6 Å². The van der Waals surface area contributed by atoms with Gasteiger partial charge in [-0.15, -0.1) is 0 Å². The minimum absolute atomic E-state index is 0.208. The van der Waals surface area contributed by atoms with E-state index in [1.54, 1.807) is 13.2 Å². The second-order valence-electron chi connectivity index (χ2n) is 5.55. The zero-order valence-corrected chi connectivity index (χ0v) is 12.7. The highest BCUT2D eigenvalue weighted by molar-refractivity contribution is 5.42. The van der Waals surface area contributed by atoms with E-state index in [1.165, 1.54) is 5.56 Å². The van der Waals surface area contributed by atoms with Crippen LogP contribution in [0.4, 0.5) is 0 Å². The summed E-state index contributed by atoms with van der Waals surface area (Å²) in [6.07, 6.45) is 1.14. The van der Waals surface area contributed by atoms with Gasteiger partial charge >= 0.3 is 0 Å². The molecule has 20 heavy (non-hydrogen) atoms. The average molecular weight is 278 g/mol. The molecule has 1 fully saturated rings. The van der Waals surface area contributed by atoms with Gasteiger partial charge in [-0.25, -0.2) is 0 Å². The lowest BCUT2D eigenvalue weighted by Gasteiger charge is -2.38. The summed E-state index contributed by atoms with van der Waals surface area (Å²) >= 11 is 0. The van der Waals surface area contributed by atoms with Crippen LogP contribution >= 0.6 is 0 Å². The number of ether oxygens (including phenoxy) is 1. The van der Waals surface area contributed by atoms with Crippen molar-refractivity contribution in [2.24, 2.45) is 5.92 Å². The number of piperazine rings is 1. The van der Waals surface area contributed by atoms with Crippen LogP contribution in [-0.2, 0) is 0 Å². The van der Waals surface area contributed by atoms with Crippen LogP contribution in [0.2, 0.25) is 0 Å². The Hall–Kier alpha value is -1.26. The van der Waals surface area contributed by atoms with Crippen molar-refractivity contribution in [1.29, 1.82) is 0 Å². The second-order valence-corrected chi connectivity index (χ2v) is 5.55. The van der Waals surface area contributed by atoms with Crippen LogP contribution in [0.3, 0.4) is 0 Å². The Labute approximate surface area is 121 Å². The van der Waals surface area contributed by atoms with E-state index in [4.69, 9.17) is 4.74 Å². The first kappa shape index (κ1) is 15.1. The summed E-state index contributed by atoms with van der Waals surface area (Å²) in [5.74, 6) is 1.34. The number of hydrogen-bond donors (Lipinski definition) is 2. The molecule has 0 radical (unpaired) electrons. The van der Waals surface area contributed by atoms with E-state index in [9.17, 15) is 5.11 Å². The molecule has 112 valence electrons. The number of benzene rings is 1. The number of phenolic OH excluding ortho intramolecular Hbond substituents is 1. The summed E-state index contributed by atoms with van der Waals surface area (Å²) in [6.45, 7) is 8.75. The summed E-state index contributed by atoms with van der Waals surface area (Å²) in [5.41, 5.74) is 1.23. The molecular weight excluding hydrogens is 252 g/mol. The maximum Gasteiger partial charge on any atom is 0.160 e. The van der Waals surface area contributed by atoms with E-state index in [0.29, 0.717) is 17.7 Å². The third kappa shape index (κ3) is 3.25. The molecule has 2 atom stereocenters. The first-order valence-electron chi connectivity index (χ1n) is 7.49. The van der Waals surface area contributed by atoms with Gasteiger partial charge in [-0.05, 0) is 23.6 Å². The van der Waals surface area contributed by atoms with Gasteiger partial charge in [0.25, 0.3) is 0 Å². The molecule has 4 nitrogen and oxygen atoms in total. The summed E-state index contributed by atoms with van der Waals surface area (Å²) in [4.78, 5) is 2.54. The molecule has 2 N–H and O–H groups in total. The SMILES string of the molecule is CCC(C)[C@@H](c1ccc(O)c(OC)c1)N1CCNCC1. The lowest BCUT2D eigenvalue weighted by atomic mass is 9.90. The Morgan fingerprint density at radius 3 is 2.65 bits per heavy atom. The number of aromatic hydroxyl groups is 1. The van der Waals surface area contributed by atoms with Crippen molar-refractivity contribution in [3.8, 4) is 11.5 Å². The fraction of sp³-hybridized carbons (Fsp3) is 0.625. The minimum Gasteiger partial charge on any atom is -0.504 e. The zero-order chi connectivity index (χ0) is 14.5. The van der Waals surface area contributed by atoms with Gasteiger partial charge in [-0.2, -0.15) is 0 Å². The van der Waals surface area contributed by atoms with E-state index < -0.39 is 0 Å². The van der Waals surface area contributed by atoms with Gasteiger partial charge in [0.05, 0.1) is 7.11 Å². The van der Waals surface area contributed by atoms with Gasteiger partial charge < -0.3 is 15.2 Å². The Morgan fingerprint density at radius 2 is 2.05 bits per heavy atom. The molecule has 1 aromatic carbocycles. The molecule has 4 heteroatoms. The van der Waals surface area contributed by atoms with Crippen LogP contribution < -0.4 is 10.1 Å². The van der Waals surface area contributed by atoms with Gasteiger partial charge in [-0.3, -0.25) is 4.90 Å². The molecule has 1 heterocycles. The third-order valence-electron chi connectivity index (χ3n) is 4.27. The van der Waals surface area contributed by atoms with Crippen molar-refractivity contribution >= 4 is 0 Å². The fourth-order valence-electron chi connectivity index (χ4n) is 2.96. The fourth-order valence-corrected chi connectivity index (χ4v) is 2.96. The number of nitrogens with zero attached hydrogens (tertiary/aromatic N) is 1. The van der Waals surface area contributed by atoms with E-state index >= 15 is 0 Å². The summed E-state index contributed by atoms with van der Waals surface area (Å²) in [6, 6.07) is 6.13. The van der Waals surface area contributed by atoms with E-state index in [2.05, 4.69) is 24.1 Å². The quantitative estimate of drug-likeness (QED) is 0.868. The molecule has 1 saturated heterocycles. The maximum absolute atomic E-state index is 9.77. The largest absolute Gasteiger partial charge is 0.504 e. The van der Waals surface area contributed by atoms with E-state index in [1.807, 2.05) is 12.1 Å². The van der Waals surface area contributed by atoms with Crippen molar-refractivity contribution in [2.75, 3.05) is 33.3 Å². The summed E-state index contributed by atoms with van der Waals surface area (Å²) in [5, 5.41) is 13.2. The number of nitrogens with one attached hydrogen (secondary N) is 1. The number of methoxy groups -OCH3 is 1. The molecule has 0 bridgehead atoms. The first-order chi connectivity index (χ1) is 9.67. The number of phenols is 1. The smallest absolute Gasteiger partial charge is 0.160 e. The minimum atomic E-state index is 0.208. The van der Waals surface area contributed by atoms with Crippen LogP contribution in [0.5, 0.6) is 11.5 Å². The highest BCUT2D eigenvalue weighted by Gasteiger charge is 2.27. The molecule has 1 aliphatic rings. The maximum atomic E-state index is 9.77. The summed E-state index contributed by atoms with van der Waals surface area (Å²) < 4.78 is 5.26. The van der Waals surface area contributed by atoms with Gasteiger partial charge in [0.1, 0.15) is 0 Å². The predicted molar refractivity (Wildman–Crippen MR) is 81.3 cm³/mol. The highest BCUT2D eigenvalue weighted by Crippen LogP contribution is 2.35. The molecule has 1 unspecified atom stereocenters. The van der Waals surface area contributed by atoms with Crippen molar-refractivity contribution in [2.45, 2.75) is 26.3 Å². The Bertz CT molecular complexity index is 430. The van der Waals surface area contributed by atoms with Gasteiger partial charge in [-0.1, -0.05) is 26.3 Å². The van der Waals surface area contributed by atoms with Crippen molar-refractivity contribution in [3.05, 3.63) is 23.8 Å². The summed E-state index contributed by atoms with van der Waals surface area (Å²) in [7, 11) is 1.60. The van der Waals surface area contributed by atoms with Gasteiger partial charge in [0.2, 0.25) is 0 Å². The lowest BCUT2D eigenvalue weighted by molar-refractivity contribution is 0.128. The molecule has 1 aliphatic heterocycles. The topological polar surface area (TPSA) is 44.7 Å².